The first-order valence-corrected chi connectivity index (χ1v) is 11.3. The molecule has 0 fully saturated rings. The molecule has 1 heterocycles. The molecule has 162 valence electrons. The molecule has 0 radical (unpaired) electrons. The van der Waals surface area contributed by atoms with Gasteiger partial charge < -0.3 is 16.0 Å². The summed E-state index contributed by atoms with van der Waals surface area (Å²) in [5.74, 6) is 0.105. The number of hydrogen-bond donors (Lipinski definition) is 3. The number of allylic oxidation sites excluding steroid dienone is 2. The van der Waals surface area contributed by atoms with Crippen LogP contribution in [-0.2, 0) is 11.2 Å². The molecule has 1 aromatic carbocycles. The molecule has 1 aliphatic carbocycles. The van der Waals surface area contributed by atoms with E-state index in [1.54, 1.807) is 0 Å². The van der Waals surface area contributed by atoms with Crippen molar-refractivity contribution in [2.24, 2.45) is 17.1 Å². The van der Waals surface area contributed by atoms with E-state index in [2.05, 4.69) is 36.2 Å². The third kappa shape index (κ3) is 4.67. The number of hydrogen-bond acceptors (Lipinski definition) is 4. The summed E-state index contributed by atoms with van der Waals surface area (Å²) in [5.41, 5.74) is 8.24. The van der Waals surface area contributed by atoms with Crippen LogP contribution >= 0.6 is 0 Å². The molecule has 3 rings (SSSR count). The molecular formula is C25H36N4O. The molecule has 0 saturated heterocycles. The first kappa shape index (κ1) is 22.3. The molecule has 4 N–H and O–H groups in total. The molecule has 0 saturated carbocycles. The van der Waals surface area contributed by atoms with Gasteiger partial charge in [0.05, 0.1) is 0 Å². The molecule has 5 nitrogen and oxygen atoms in total. The van der Waals surface area contributed by atoms with Crippen LogP contribution in [0.4, 0.5) is 5.69 Å². The molecule has 2 aliphatic rings. The van der Waals surface area contributed by atoms with E-state index in [4.69, 9.17) is 11.1 Å². The van der Waals surface area contributed by atoms with Gasteiger partial charge in [0.1, 0.15) is 11.3 Å². The average molecular weight is 409 g/mol. The highest BCUT2D eigenvalue weighted by atomic mass is 16.1. The Labute approximate surface area is 180 Å². The number of benzene rings is 1. The van der Waals surface area contributed by atoms with Crippen molar-refractivity contribution >= 4 is 17.3 Å². The number of carbonyl (C=O) groups is 1. The van der Waals surface area contributed by atoms with Gasteiger partial charge in [-0.2, -0.15) is 0 Å². The summed E-state index contributed by atoms with van der Waals surface area (Å²) >= 11 is 0. The van der Waals surface area contributed by atoms with Crippen LogP contribution in [0.2, 0.25) is 0 Å². The minimum absolute atomic E-state index is 0.0208. The van der Waals surface area contributed by atoms with Crippen LogP contribution in [0.3, 0.4) is 0 Å². The molecule has 5 heteroatoms. The number of rotatable bonds is 10. The summed E-state index contributed by atoms with van der Waals surface area (Å²) in [7, 11) is 0. The number of ketones is 1. The van der Waals surface area contributed by atoms with Gasteiger partial charge in [-0.25, -0.2) is 0 Å². The highest BCUT2D eigenvalue weighted by Crippen LogP contribution is 2.38. The molecule has 2 atom stereocenters. The lowest BCUT2D eigenvalue weighted by Gasteiger charge is -2.35. The number of nitrogens with one attached hydrogen (secondary N) is 2. The maximum absolute atomic E-state index is 13.6. The number of fused-ring (bicyclic) bond motifs is 1. The number of anilines is 1. The summed E-state index contributed by atoms with van der Waals surface area (Å²) in [4.78, 5) is 16.0. The SMILES string of the molecule is CCN(CC)CCCCCC1(C(=N)N)C=CC=C(C2CNc3ccccc3C2)C1=O. The van der Waals surface area contributed by atoms with E-state index < -0.39 is 5.41 Å². The molecule has 2 unspecified atom stereocenters. The number of carbonyl (C=O) groups excluding carboxylic acids is 1. The Kier molecular flexibility index (Phi) is 7.48. The van der Waals surface area contributed by atoms with E-state index in [0.717, 1.165) is 63.1 Å². The van der Waals surface area contributed by atoms with E-state index in [1.165, 1.54) is 5.56 Å². The number of Topliss-reactive ketones (excluding diaryl/α,β-unsaturated/α-hetero) is 1. The molecule has 0 aromatic heterocycles. The van der Waals surface area contributed by atoms with Gasteiger partial charge in [-0.1, -0.05) is 63.1 Å². The summed E-state index contributed by atoms with van der Waals surface area (Å²) in [6, 6.07) is 8.27. The van der Waals surface area contributed by atoms with Gasteiger partial charge in [0.15, 0.2) is 5.78 Å². The van der Waals surface area contributed by atoms with Crippen molar-refractivity contribution in [1.29, 1.82) is 5.41 Å². The molecule has 0 bridgehead atoms. The Hall–Kier alpha value is -2.40. The van der Waals surface area contributed by atoms with Crippen LogP contribution in [0.15, 0.2) is 48.1 Å². The summed E-state index contributed by atoms with van der Waals surface area (Å²) in [6.45, 7) is 8.34. The predicted octanol–water partition coefficient (Wildman–Crippen LogP) is 4.16. The predicted molar refractivity (Wildman–Crippen MR) is 125 cm³/mol. The molecular weight excluding hydrogens is 372 g/mol. The van der Waals surface area contributed by atoms with E-state index >= 15 is 0 Å². The van der Waals surface area contributed by atoms with Crippen LogP contribution in [0.25, 0.3) is 0 Å². The summed E-state index contributed by atoms with van der Waals surface area (Å²) in [5, 5.41) is 11.7. The fourth-order valence-electron chi connectivity index (χ4n) is 4.71. The Morgan fingerprint density at radius 3 is 2.73 bits per heavy atom. The van der Waals surface area contributed by atoms with Crippen LogP contribution in [0.1, 0.15) is 45.1 Å². The minimum atomic E-state index is -0.976. The van der Waals surface area contributed by atoms with E-state index in [0.29, 0.717) is 6.42 Å². The fraction of sp³-hybridized carbons (Fsp3) is 0.520. The van der Waals surface area contributed by atoms with E-state index in [9.17, 15) is 4.79 Å². The third-order valence-corrected chi connectivity index (χ3v) is 6.71. The van der Waals surface area contributed by atoms with Gasteiger partial charge in [0, 0.05) is 23.7 Å². The largest absolute Gasteiger partial charge is 0.387 e. The number of nitrogens with zero attached hydrogens (tertiary/aromatic N) is 1. The first-order valence-electron chi connectivity index (χ1n) is 11.3. The van der Waals surface area contributed by atoms with Gasteiger partial charge >= 0.3 is 0 Å². The Morgan fingerprint density at radius 1 is 1.23 bits per heavy atom. The van der Waals surface area contributed by atoms with E-state index in [1.807, 2.05) is 30.4 Å². The van der Waals surface area contributed by atoms with Gasteiger partial charge in [0.2, 0.25) is 0 Å². The van der Waals surface area contributed by atoms with Crippen molar-refractivity contribution in [2.45, 2.75) is 46.0 Å². The van der Waals surface area contributed by atoms with Crippen LogP contribution < -0.4 is 11.1 Å². The van der Waals surface area contributed by atoms with Crippen molar-refractivity contribution < 1.29 is 4.79 Å². The molecule has 1 aliphatic heterocycles. The molecule has 0 amide bonds. The number of amidine groups is 1. The van der Waals surface area contributed by atoms with Crippen LogP contribution in [-0.4, -0.2) is 42.7 Å². The topological polar surface area (TPSA) is 82.2 Å². The van der Waals surface area contributed by atoms with E-state index in [-0.39, 0.29) is 17.5 Å². The fourth-order valence-corrected chi connectivity index (χ4v) is 4.71. The van der Waals surface area contributed by atoms with Gasteiger partial charge in [-0.3, -0.25) is 10.2 Å². The first-order chi connectivity index (χ1) is 14.5. The zero-order valence-corrected chi connectivity index (χ0v) is 18.4. The van der Waals surface area contributed by atoms with Crippen molar-refractivity contribution in [3.63, 3.8) is 0 Å². The standard InChI is InChI=1S/C25H36N4O/c1-3-29(4-2)16-9-5-8-14-25(24(26)27)15-10-12-21(23(25)30)20-17-19-11-6-7-13-22(19)28-18-20/h6-7,10-13,15,20,28H,3-5,8-9,14,16-18H2,1-2H3,(H3,26,27). The maximum atomic E-state index is 13.6. The lowest BCUT2D eigenvalue weighted by Crippen LogP contribution is -2.46. The highest BCUT2D eigenvalue weighted by Gasteiger charge is 2.43. The lowest BCUT2D eigenvalue weighted by molar-refractivity contribution is -0.120. The van der Waals surface area contributed by atoms with Crippen molar-refractivity contribution in [3.8, 4) is 0 Å². The smallest absolute Gasteiger partial charge is 0.176 e. The quantitative estimate of drug-likeness (QED) is 0.308. The monoisotopic (exact) mass is 408 g/mol. The summed E-state index contributed by atoms with van der Waals surface area (Å²) < 4.78 is 0. The molecule has 1 aromatic rings. The van der Waals surface area contributed by atoms with Crippen molar-refractivity contribution in [3.05, 3.63) is 53.6 Å². The second-order valence-corrected chi connectivity index (χ2v) is 8.47. The zero-order valence-electron chi connectivity index (χ0n) is 18.4. The number of unbranched alkanes of at least 4 members (excludes halogenated alkanes) is 2. The Morgan fingerprint density at radius 2 is 2.00 bits per heavy atom. The number of nitrogens with two attached hydrogens (primary N) is 1. The zero-order chi connectivity index (χ0) is 21.6. The van der Waals surface area contributed by atoms with Gasteiger partial charge in [0.25, 0.3) is 0 Å². The third-order valence-electron chi connectivity index (χ3n) is 6.71. The second-order valence-electron chi connectivity index (χ2n) is 8.47. The van der Waals surface area contributed by atoms with Crippen molar-refractivity contribution in [2.75, 3.05) is 31.5 Å². The van der Waals surface area contributed by atoms with Gasteiger partial charge in [-0.05, 0) is 50.5 Å². The maximum Gasteiger partial charge on any atom is 0.176 e. The summed E-state index contributed by atoms with van der Waals surface area (Å²) in [6.07, 6.45) is 10.2. The van der Waals surface area contributed by atoms with Crippen LogP contribution in [0, 0.1) is 16.7 Å². The van der Waals surface area contributed by atoms with Crippen LogP contribution in [0.5, 0.6) is 0 Å². The normalized spacial score (nSPS) is 23.1. The Balaban J connectivity index is 1.65. The second kappa shape index (κ2) is 10.1. The Bertz CT molecular complexity index is 824. The molecule has 30 heavy (non-hydrogen) atoms. The highest BCUT2D eigenvalue weighted by molar-refractivity contribution is 6.17. The lowest BCUT2D eigenvalue weighted by atomic mass is 9.69. The average Bonchev–Trinajstić information content (AvgIpc) is 2.77. The molecule has 0 spiro atoms. The van der Waals surface area contributed by atoms with Gasteiger partial charge in [-0.15, -0.1) is 0 Å². The number of para-hydroxylation sites is 1. The van der Waals surface area contributed by atoms with Crippen molar-refractivity contribution in [1.82, 2.24) is 4.90 Å². The minimum Gasteiger partial charge on any atom is -0.387 e.